The molecule has 0 amide bonds. The van der Waals surface area contributed by atoms with E-state index >= 15 is 0 Å². The van der Waals surface area contributed by atoms with Crippen LogP contribution < -0.4 is 11.5 Å². The van der Waals surface area contributed by atoms with Crippen LogP contribution in [-0.2, 0) is 0 Å². The van der Waals surface area contributed by atoms with Crippen molar-refractivity contribution in [1.29, 1.82) is 10.8 Å². The van der Waals surface area contributed by atoms with E-state index in [-0.39, 0.29) is 10.3 Å². The molecule has 0 bridgehead atoms. The van der Waals surface area contributed by atoms with E-state index < -0.39 is 0 Å². The minimum Gasteiger partial charge on any atom is -0.379 e. The maximum atomic E-state index is 7.17. The molecule has 0 spiro atoms. The molecule has 0 aromatic carbocycles. The number of rotatable bonds is 4. The van der Waals surface area contributed by atoms with E-state index in [1.807, 2.05) is 0 Å². The van der Waals surface area contributed by atoms with E-state index in [1.165, 1.54) is 49.2 Å². The second-order valence-corrected chi connectivity index (χ2v) is 6.36. The van der Waals surface area contributed by atoms with Crippen LogP contribution >= 0.6 is 23.5 Å². The maximum Gasteiger partial charge on any atom is 0.151 e. The fourth-order valence-corrected chi connectivity index (χ4v) is 3.48. The summed E-state index contributed by atoms with van der Waals surface area (Å²) in [7, 11) is 0. The van der Waals surface area contributed by atoms with E-state index in [0.29, 0.717) is 11.8 Å². The van der Waals surface area contributed by atoms with Gasteiger partial charge in [-0.25, -0.2) is 0 Å². The molecule has 1 aliphatic carbocycles. The molecule has 0 aromatic heterocycles. The van der Waals surface area contributed by atoms with Crippen molar-refractivity contribution in [1.82, 2.24) is 0 Å². The Kier molecular flexibility index (Phi) is 6.05. The zero-order valence-corrected chi connectivity index (χ0v) is 11.0. The van der Waals surface area contributed by atoms with Gasteiger partial charge in [0.2, 0.25) is 0 Å². The smallest absolute Gasteiger partial charge is 0.151 e. The standard InChI is InChI=1S/C10H20N4S2/c11-9(12)15-5-7-1-2-8(4-3-7)6-16-10(13)14/h7-8H,1-6H2,(H3,11,12)(H3,13,14)/t7-,8+. The van der Waals surface area contributed by atoms with Crippen LogP contribution in [0.15, 0.2) is 0 Å². The van der Waals surface area contributed by atoms with E-state index in [2.05, 4.69) is 0 Å². The van der Waals surface area contributed by atoms with Gasteiger partial charge in [-0.3, -0.25) is 10.8 Å². The van der Waals surface area contributed by atoms with Crippen LogP contribution in [-0.4, -0.2) is 21.8 Å². The molecule has 1 saturated carbocycles. The Hall–Kier alpha value is -0.360. The van der Waals surface area contributed by atoms with Crippen LogP contribution in [0.5, 0.6) is 0 Å². The highest BCUT2D eigenvalue weighted by Gasteiger charge is 2.21. The molecule has 0 saturated heterocycles. The third-order valence-corrected chi connectivity index (χ3v) is 4.81. The van der Waals surface area contributed by atoms with Crippen molar-refractivity contribution in [2.24, 2.45) is 23.3 Å². The van der Waals surface area contributed by atoms with Crippen molar-refractivity contribution in [3.63, 3.8) is 0 Å². The lowest BCUT2D eigenvalue weighted by Gasteiger charge is -2.27. The third-order valence-electron chi connectivity index (χ3n) is 2.92. The molecular weight excluding hydrogens is 240 g/mol. The lowest BCUT2D eigenvalue weighted by atomic mass is 9.84. The molecule has 6 N–H and O–H groups in total. The van der Waals surface area contributed by atoms with Crippen molar-refractivity contribution in [3.8, 4) is 0 Å². The van der Waals surface area contributed by atoms with Crippen LogP contribution in [0.3, 0.4) is 0 Å². The minimum atomic E-state index is 0.231. The molecule has 1 aliphatic rings. The van der Waals surface area contributed by atoms with Gasteiger partial charge in [-0.1, -0.05) is 23.5 Å². The van der Waals surface area contributed by atoms with E-state index in [4.69, 9.17) is 22.3 Å². The molecule has 0 atom stereocenters. The summed E-state index contributed by atoms with van der Waals surface area (Å²) in [6.07, 6.45) is 4.90. The second-order valence-electron chi connectivity index (χ2n) is 4.24. The second kappa shape index (κ2) is 7.06. The van der Waals surface area contributed by atoms with Gasteiger partial charge < -0.3 is 11.5 Å². The monoisotopic (exact) mass is 260 g/mol. The average Bonchev–Trinajstić information content (AvgIpc) is 2.25. The molecule has 4 nitrogen and oxygen atoms in total. The summed E-state index contributed by atoms with van der Waals surface area (Å²) < 4.78 is 0. The predicted octanol–water partition coefficient (Wildman–Crippen LogP) is 2.05. The van der Waals surface area contributed by atoms with Gasteiger partial charge in [0.15, 0.2) is 10.3 Å². The molecule has 0 radical (unpaired) electrons. The van der Waals surface area contributed by atoms with Crippen molar-refractivity contribution in [2.75, 3.05) is 11.5 Å². The average molecular weight is 260 g/mol. The fraction of sp³-hybridized carbons (Fsp3) is 0.800. The van der Waals surface area contributed by atoms with Gasteiger partial charge >= 0.3 is 0 Å². The zero-order chi connectivity index (χ0) is 12.0. The summed E-state index contributed by atoms with van der Waals surface area (Å²) in [5.74, 6) is 3.41. The Labute approximate surface area is 105 Å². The number of thioether (sulfide) groups is 2. The number of hydrogen-bond acceptors (Lipinski definition) is 4. The van der Waals surface area contributed by atoms with Crippen molar-refractivity contribution in [2.45, 2.75) is 25.7 Å². The Morgan fingerprint density at radius 2 is 1.19 bits per heavy atom. The van der Waals surface area contributed by atoms with Gasteiger partial charge in [-0.05, 0) is 37.5 Å². The quantitative estimate of drug-likeness (QED) is 0.459. The van der Waals surface area contributed by atoms with E-state index in [0.717, 1.165) is 11.5 Å². The first-order chi connectivity index (χ1) is 7.58. The largest absolute Gasteiger partial charge is 0.379 e. The van der Waals surface area contributed by atoms with Crippen molar-refractivity contribution >= 4 is 33.9 Å². The summed E-state index contributed by atoms with van der Waals surface area (Å²) >= 11 is 2.92. The molecule has 92 valence electrons. The van der Waals surface area contributed by atoms with Crippen LogP contribution in [0.2, 0.25) is 0 Å². The third kappa shape index (κ3) is 5.65. The molecule has 0 heterocycles. The van der Waals surface area contributed by atoms with Gasteiger partial charge in [-0.15, -0.1) is 0 Å². The highest BCUT2D eigenvalue weighted by Crippen LogP contribution is 2.32. The van der Waals surface area contributed by atoms with Gasteiger partial charge in [0.1, 0.15) is 0 Å². The SMILES string of the molecule is N=C(N)SC[C@H]1CC[C@@H](CSC(=N)N)CC1. The number of nitrogens with one attached hydrogen (secondary N) is 2. The number of amidine groups is 2. The van der Waals surface area contributed by atoms with Crippen molar-refractivity contribution in [3.05, 3.63) is 0 Å². The van der Waals surface area contributed by atoms with Crippen LogP contribution in [0.1, 0.15) is 25.7 Å². The topological polar surface area (TPSA) is 99.7 Å². The first-order valence-electron chi connectivity index (χ1n) is 5.51. The van der Waals surface area contributed by atoms with Gasteiger partial charge in [0.05, 0.1) is 0 Å². The minimum absolute atomic E-state index is 0.231. The molecule has 0 aromatic rings. The fourth-order valence-electron chi connectivity index (χ4n) is 1.98. The Balaban J connectivity index is 2.13. The molecule has 0 unspecified atom stereocenters. The highest BCUT2D eigenvalue weighted by atomic mass is 32.2. The summed E-state index contributed by atoms with van der Waals surface area (Å²) in [5.41, 5.74) is 10.6. The van der Waals surface area contributed by atoms with Crippen LogP contribution in [0, 0.1) is 22.7 Å². The first-order valence-corrected chi connectivity index (χ1v) is 7.48. The predicted molar refractivity (Wildman–Crippen MR) is 74.2 cm³/mol. The van der Waals surface area contributed by atoms with Crippen LogP contribution in [0.25, 0.3) is 0 Å². The molecule has 1 fully saturated rings. The van der Waals surface area contributed by atoms with Crippen LogP contribution in [0.4, 0.5) is 0 Å². The summed E-state index contributed by atoms with van der Waals surface area (Å²) in [6, 6.07) is 0. The molecule has 6 heteroatoms. The molecule has 16 heavy (non-hydrogen) atoms. The normalized spacial score (nSPS) is 25.2. The number of nitrogens with two attached hydrogens (primary N) is 2. The van der Waals surface area contributed by atoms with Gasteiger partial charge in [0.25, 0.3) is 0 Å². The summed E-state index contributed by atoms with van der Waals surface area (Å²) in [6.45, 7) is 0. The van der Waals surface area contributed by atoms with Gasteiger partial charge in [0, 0.05) is 11.5 Å². The lowest BCUT2D eigenvalue weighted by Crippen LogP contribution is -2.20. The summed E-state index contributed by atoms with van der Waals surface area (Å²) in [5, 5.41) is 14.8. The molecule has 1 rings (SSSR count). The molecular formula is C10H20N4S2. The lowest BCUT2D eigenvalue weighted by molar-refractivity contribution is 0.316. The Bertz CT molecular complexity index is 223. The maximum absolute atomic E-state index is 7.17. The van der Waals surface area contributed by atoms with E-state index in [9.17, 15) is 0 Å². The molecule has 0 aliphatic heterocycles. The summed E-state index contributed by atoms with van der Waals surface area (Å²) in [4.78, 5) is 0. The Morgan fingerprint density at radius 3 is 1.44 bits per heavy atom. The zero-order valence-electron chi connectivity index (χ0n) is 9.37. The number of hydrogen-bond donors (Lipinski definition) is 4. The Morgan fingerprint density at radius 1 is 0.875 bits per heavy atom. The first kappa shape index (κ1) is 13.7. The van der Waals surface area contributed by atoms with E-state index in [1.54, 1.807) is 0 Å². The highest BCUT2D eigenvalue weighted by molar-refractivity contribution is 8.13. The van der Waals surface area contributed by atoms with Gasteiger partial charge in [-0.2, -0.15) is 0 Å². The van der Waals surface area contributed by atoms with Crippen molar-refractivity contribution < 1.29 is 0 Å².